The molecular weight excluding hydrogens is 450 g/mol. The van der Waals surface area contributed by atoms with E-state index < -0.39 is 0 Å². The van der Waals surface area contributed by atoms with Gasteiger partial charge >= 0.3 is 5.63 Å². The molecule has 0 radical (unpaired) electrons. The molecule has 2 aromatic heterocycles. The molecule has 0 aliphatic heterocycles. The van der Waals surface area contributed by atoms with E-state index >= 15 is 0 Å². The minimum atomic E-state index is -0.346. The van der Waals surface area contributed by atoms with Crippen LogP contribution in [0.3, 0.4) is 0 Å². The molecule has 2 heterocycles. The van der Waals surface area contributed by atoms with Gasteiger partial charge in [-0.2, -0.15) is 0 Å². The van der Waals surface area contributed by atoms with Crippen LogP contribution in [0, 0.1) is 6.92 Å². The van der Waals surface area contributed by atoms with Gasteiger partial charge in [0.25, 0.3) is 0 Å². The second kappa shape index (κ2) is 8.39. The summed E-state index contributed by atoms with van der Waals surface area (Å²) in [6.07, 6.45) is 1.82. The van der Waals surface area contributed by atoms with E-state index in [1.165, 1.54) is 11.8 Å². The van der Waals surface area contributed by atoms with Gasteiger partial charge in [0.15, 0.2) is 11.0 Å². The minimum absolute atomic E-state index is 0.346. The highest BCUT2D eigenvalue weighted by Gasteiger charge is 2.15. The fourth-order valence-electron chi connectivity index (χ4n) is 3.10. The predicted octanol–water partition coefficient (Wildman–Crippen LogP) is 5.60. The summed E-state index contributed by atoms with van der Waals surface area (Å²) in [7, 11) is 0. The van der Waals surface area contributed by atoms with Crippen molar-refractivity contribution in [3.8, 4) is 11.4 Å². The van der Waals surface area contributed by atoms with Crippen molar-refractivity contribution in [2.45, 2.75) is 24.4 Å². The van der Waals surface area contributed by atoms with E-state index in [4.69, 9.17) is 4.42 Å². The van der Waals surface area contributed by atoms with Gasteiger partial charge in [0, 0.05) is 33.8 Å². The number of aromatic nitrogens is 3. The molecule has 4 rings (SSSR count). The van der Waals surface area contributed by atoms with Gasteiger partial charge in [-0.05, 0) is 36.2 Å². The number of fused-ring (bicyclic) bond motifs is 1. The second-order valence-electron chi connectivity index (χ2n) is 6.59. The second-order valence-corrected chi connectivity index (χ2v) is 8.45. The summed E-state index contributed by atoms with van der Waals surface area (Å²) in [6, 6.07) is 15.4. The summed E-state index contributed by atoms with van der Waals surface area (Å²) in [4.78, 5) is 12.0. The third-order valence-corrected chi connectivity index (χ3v) is 6.02. The highest BCUT2D eigenvalue weighted by molar-refractivity contribution is 9.10. The Morgan fingerprint density at radius 2 is 1.97 bits per heavy atom. The van der Waals surface area contributed by atoms with Crippen molar-refractivity contribution in [1.29, 1.82) is 0 Å². The Balaban J connectivity index is 1.67. The van der Waals surface area contributed by atoms with Gasteiger partial charge < -0.3 is 4.42 Å². The molecule has 5 nitrogen and oxygen atoms in total. The van der Waals surface area contributed by atoms with Gasteiger partial charge in [0.2, 0.25) is 0 Å². The smallest absolute Gasteiger partial charge is 0.336 e. The van der Waals surface area contributed by atoms with Crippen LogP contribution in [0.25, 0.3) is 22.4 Å². The van der Waals surface area contributed by atoms with E-state index in [9.17, 15) is 4.79 Å². The first-order valence-corrected chi connectivity index (χ1v) is 10.8. The van der Waals surface area contributed by atoms with Crippen molar-refractivity contribution < 1.29 is 4.42 Å². The average Bonchev–Trinajstić information content (AvgIpc) is 3.09. The Morgan fingerprint density at radius 3 is 2.72 bits per heavy atom. The fraction of sp³-hybridized carbons (Fsp3) is 0.136. The van der Waals surface area contributed by atoms with Crippen LogP contribution in [0.2, 0.25) is 0 Å². The van der Waals surface area contributed by atoms with Crippen molar-refractivity contribution >= 4 is 38.7 Å². The Bertz CT molecular complexity index is 1250. The maximum Gasteiger partial charge on any atom is 0.336 e. The van der Waals surface area contributed by atoms with Crippen molar-refractivity contribution in [2.24, 2.45) is 0 Å². The van der Waals surface area contributed by atoms with Gasteiger partial charge in [-0.25, -0.2) is 4.79 Å². The Kier molecular flexibility index (Phi) is 5.69. The monoisotopic (exact) mass is 467 g/mol. The van der Waals surface area contributed by atoms with Gasteiger partial charge in [0.1, 0.15) is 5.58 Å². The van der Waals surface area contributed by atoms with Crippen molar-refractivity contribution in [2.75, 3.05) is 0 Å². The summed E-state index contributed by atoms with van der Waals surface area (Å²) in [5, 5.41) is 10.5. The molecule has 0 unspecified atom stereocenters. The standard InChI is InChI=1S/C22H18BrN3O2S/c1-3-10-26-21(15-5-7-17(23)8-6-15)24-25-22(26)29-13-16-12-20(27)28-19-11-14(2)4-9-18(16)19/h3-9,11-12H,1,10,13H2,2H3. The molecule has 7 heteroatoms. The van der Waals surface area contributed by atoms with E-state index in [0.29, 0.717) is 17.9 Å². The molecule has 0 fully saturated rings. The molecule has 0 atom stereocenters. The van der Waals surface area contributed by atoms with Gasteiger partial charge in [-0.15, -0.1) is 16.8 Å². The number of hydrogen-bond donors (Lipinski definition) is 0. The Hall–Kier alpha value is -2.64. The molecule has 146 valence electrons. The summed E-state index contributed by atoms with van der Waals surface area (Å²) in [6.45, 7) is 6.43. The van der Waals surface area contributed by atoms with Crippen LogP contribution in [0.5, 0.6) is 0 Å². The molecule has 0 aliphatic carbocycles. The number of allylic oxidation sites excluding steroid dienone is 1. The molecule has 29 heavy (non-hydrogen) atoms. The highest BCUT2D eigenvalue weighted by Crippen LogP contribution is 2.29. The summed E-state index contributed by atoms with van der Waals surface area (Å²) in [5.41, 5.74) is 3.21. The number of halogens is 1. The van der Waals surface area contributed by atoms with E-state index in [-0.39, 0.29) is 5.63 Å². The first kappa shape index (κ1) is 19.7. The molecule has 0 aliphatic rings. The lowest BCUT2D eigenvalue weighted by Crippen LogP contribution is -2.02. The lowest BCUT2D eigenvalue weighted by atomic mass is 10.1. The van der Waals surface area contributed by atoms with Crippen LogP contribution < -0.4 is 5.63 Å². The first-order chi connectivity index (χ1) is 14.0. The number of aryl methyl sites for hydroxylation is 1. The molecule has 0 spiro atoms. The number of nitrogens with zero attached hydrogens (tertiary/aromatic N) is 3. The molecule has 0 bridgehead atoms. The zero-order valence-corrected chi connectivity index (χ0v) is 18.2. The fourth-order valence-corrected chi connectivity index (χ4v) is 4.30. The zero-order chi connectivity index (χ0) is 20.4. The normalized spacial score (nSPS) is 11.1. The molecular formula is C22H18BrN3O2S. The van der Waals surface area contributed by atoms with Crippen molar-refractivity contribution in [3.05, 3.63) is 87.2 Å². The quantitative estimate of drug-likeness (QED) is 0.209. The largest absolute Gasteiger partial charge is 0.423 e. The third kappa shape index (κ3) is 4.21. The van der Waals surface area contributed by atoms with E-state index in [1.54, 1.807) is 6.07 Å². The van der Waals surface area contributed by atoms with Crippen LogP contribution >= 0.6 is 27.7 Å². The number of hydrogen-bond acceptors (Lipinski definition) is 5. The van der Waals surface area contributed by atoms with E-state index in [2.05, 4.69) is 32.7 Å². The first-order valence-electron chi connectivity index (χ1n) is 9.01. The topological polar surface area (TPSA) is 60.9 Å². The van der Waals surface area contributed by atoms with Crippen LogP contribution in [-0.2, 0) is 12.3 Å². The van der Waals surface area contributed by atoms with Gasteiger partial charge in [0.05, 0.1) is 0 Å². The van der Waals surface area contributed by atoms with Crippen molar-refractivity contribution in [1.82, 2.24) is 14.8 Å². The maximum atomic E-state index is 12.0. The molecule has 0 saturated carbocycles. The van der Waals surface area contributed by atoms with Crippen LogP contribution in [0.4, 0.5) is 0 Å². The SMILES string of the molecule is C=CCn1c(SCc2cc(=O)oc3cc(C)ccc23)nnc1-c1ccc(Br)cc1. The molecule has 2 aromatic carbocycles. The number of rotatable bonds is 6. The van der Waals surface area contributed by atoms with E-state index in [0.717, 1.165) is 37.5 Å². The molecule has 0 saturated heterocycles. The lowest BCUT2D eigenvalue weighted by molar-refractivity contribution is 0.559. The summed E-state index contributed by atoms with van der Waals surface area (Å²) < 4.78 is 8.39. The zero-order valence-electron chi connectivity index (χ0n) is 15.8. The average molecular weight is 468 g/mol. The Morgan fingerprint density at radius 1 is 1.17 bits per heavy atom. The number of benzene rings is 2. The predicted molar refractivity (Wildman–Crippen MR) is 120 cm³/mol. The summed E-state index contributed by atoms with van der Waals surface area (Å²) in [5.74, 6) is 1.37. The maximum absolute atomic E-state index is 12.0. The molecule has 0 N–H and O–H groups in total. The molecule has 0 amide bonds. The van der Waals surface area contributed by atoms with Crippen LogP contribution in [-0.4, -0.2) is 14.8 Å². The van der Waals surface area contributed by atoms with Crippen LogP contribution in [0.15, 0.2) is 80.0 Å². The van der Waals surface area contributed by atoms with Gasteiger partial charge in [-0.3, -0.25) is 4.57 Å². The highest BCUT2D eigenvalue weighted by atomic mass is 79.9. The molecule has 4 aromatic rings. The van der Waals surface area contributed by atoms with E-state index in [1.807, 2.05) is 60.0 Å². The third-order valence-electron chi connectivity index (χ3n) is 4.47. The van der Waals surface area contributed by atoms with Gasteiger partial charge in [-0.1, -0.05) is 58.0 Å². The van der Waals surface area contributed by atoms with Crippen LogP contribution in [0.1, 0.15) is 11.1 Å². The minimum Gasteiger partial charge on any atom is -0.423 e. The summed E-state index contributed by atoms with van der Waals surface area (Å²) >= 11 is 5.00. The van der Waals surface area contributed by atoms with Crippen molar-refractivity contribution in [3.63, 3.8) is 0 Å². The number of thioether (sulfide) groups is 1. The lowest BCUT2D eigenvalue weighted by Gasteiger charge is -2.09. The Labute approximate surface area is 180 Å².